The number of aryl methyl sites for hydroxylation is 2. The predicted octanol–water partition coefficient (Wildman–Crippen LogP) is 1.96. The number of ether oxygens (including phenoxy) is 1. The zero-order valence-electron chi connectivity index (χ0n) is 15.5. The number of nitrogens with zero attached hydrogens (tertiary/aromatic N) is 3. The average Bonchev–Trinajstić information content (AvgIpc) is 3.29. The van der Waals surface area contributed by atoms with Crippen molar-refractivity contribution in [2.75, 3.05) is 25.0 Å². The van der Waals surface area contributed by atoms with Crippen LogP contribution in [0.5, 0.6) is 0 Å². The quantitative estimate of drug-likeness (QED) is 0.830. The molecule has 8 nitrogen and oxygen atoms in total. The van der Waals surface area contributed by atoms with E-state index in [-0.39, 0.29) is 23.6 Å². The summed E-state index contributed by atoms with van der Waals surface area (Å²) in [5.74, 6) is 1.02. The van der Waals surface area contributed by atoms with Crippen LogP contribution in [0.15, 0.2) is 27.6 Å². The largest absolute Gasteiger partial charge is 0.374 e. The van der Waals surface area contributed by atoms with Crippen molar-refractivity contribution in [3.05, 3.63) is 35.5 Å². The van der Waals surface area contributed by atoms with Crippen LogP contribution >= 0.6 is 0 Å². The molecule has 4 rings (SSSR count). The Balaban J connectivity index is 1.40. The second-order valence-corrected chi connectivity index (χ2v) is 8.94. The van der Waals surface area contributed by atoms with Crippen LogP contribution in [-0.2, 0) is 21.2 Å². The minimum atomic E-state index is -3.59. The van der Waals surface area contributed by atoms with Crippen LogP contribution in [0, 0.1) is 6.92 Å². The van der Waals surface area contributed by atoms with Gasteiger partial charge in [-0.1, -0.05) is 11.2 Å². The van der Waals surface area contributed by atoms with Gasteiger partial charge in [0, 0.05) is 25.8 Å². The van der Waals surface area contributed by atoms with Crippen LogP contribution in [0.3, 0.4) is 0 Å². The molecule has 9 heteroatoms. The van der Waals surface area contributed by atoms with Crippen molar-refractivity contribution in [1.29, 1.82) is 0 Å². The van der Waals surface area contributed by atoms with E-state index in [0.29, 0.717) is 11.7 Å². The molecule has 0 saturated carbocycles. The van der Waals surface area contributed by atoms with E-state index in [1.807, 2.05) is 13.1 Å². The van der Waals surface area contributed by atoms with E-state index in [9.17, 15) is 8.42 Å². The van der Waals surface area contributed by atoms with Gasteiger partial charge in [0.2, 0.25) is 10.0 Å². The number of hydrogen-bond acceptors (Lipinski definition) is 7. The number of anilines is 1. The maximum Gasteiger partial charge on any atom is 0.255 e. The number of benzene rings is 1. The zero-order valence-corrected chi connectivity index (χ0v) is 16.3. The molecule has 0 spiro atoms. The van der Waals surface area contributed by atoms with Crippen molar-refractivity contribution >= 4 is 15.7 Å². The fourth-order valence-corrected chi connectivity index (χ4v) is 4.76. The summed E-state index contributed by atoms with van der Waals surface area (Å²) in [4.78, 5) is 6.58. The Hall–Kier alpha value is -1.97. The Labute approximate surface area is 158 Å². The molecule has 1 aromatic carbocycles. The fourth-order valence-electron chi connectivity index (χ4n) is 3.67. The van der Waals surface area contributed by atoms with Crippen LogP contribution in [0.25, 0.3) is 0 Å². The molecule has 0 unspecified atom stereocenters. The molecular formula is C18H24N4O4S. The molecule has 2 aliphatic heterocycles. The molecule has 0 amide bonds. The molecule has 1 aromatic heterocycles. The van der Waals surface area contributed by atoms with Crippen LogP contribution < -0.4 is 9.62 Å². The van der Waals surface area contributed by atoms with Gasteiger partial charge in [-0.25, -0.2) is 13.1 Å². The van der Waals surface area contributed by atoms with Gasteiger partial charge in [-0.2, -0.15) is 4.98 Å². The van der Waals surface area contributed by atoms with Crippen LogP contribution in [-0.4, -0.2) is 44.8 Å². The lowest BCUT2D eigenvalue weighted by Gasteiger charge is -2.28. The Morgan fingerprint density at radius 3 is 2.96 bits per heavy atom. The Kier molecular flexibility index (Phi) is 4.92. The molecule has 1 saturated heterocycles. The zero-order chi connectivity index (χ0) is 19.0. The summed E-state index contributed by atoms with van der Waals surface area (Å²) in [6.45, 7) is 2.92. The molecule has 3 heterocycles. The summed E-state index contributed by atoms with van der Waals surface area (Å²) in [5, 5.41) is 3.77. The van der Waals surface area contributed by atoms with E-state index in [0.717, 1.165) is 37.9 Å². The van der Waals surface area contributed by atoms with E-state index in [2.05, 4.69) is 19.8 Å². The van der Waals surface area contributed by atoms with E-state index in [4.69, 9.17) is 9.26 Å². The van der Waals surface area contributed by atoms with E-state index >= 15 is 0 Å². The maximum absolute atomic E-state index is 12.7. The monoisotopic (exact) mass is 392 g/mol. The van der Waals surface area contributed by atoms with Crippen LogP contribution in [0.4, 0.5) is 5.69 Å². The van der Waals surface area contributed by atoms with Gasteiger partial charge in [0.25, 0.3) is 5.89 Å². The van der Waals surface area contributed by atoms with Crippen molar-refractivity contribution < 1.29 is 17.7 Å². The van der Waals surface area contributed by atoms with Gasteiger partial charge in [0.15, 0.2) is 5.82 Å². The molecule has 0 radical (unpaired) electrons. The number of rotatable bonds is 5. The Morgan fingerprint density at radius 1 is 1.33 bits per heavy atom. The molecule has 2 aromatic rings. The summed E-state index contributed by atoms with van der Waals surface area (Å²) in [6.07, 6.45) is 3.07. The van der Waals surface area contributed by atoms with Crippen molar-refractivity contribution in [2.24, 2.45) is 0 Å². The van der Waals surface area contributed by atoms with E-state index < -0.39 is 10.0 Å². The summed E-state index contributed by atoms with van der Waals surface area (Å²) in [5.41, 5.74) is 2.19. The average molecular weight is 392 g/mol. The lowest BCUT2D eigenvalue weighted by atomic mass is 10.0. The van der Waals surface area contributed by atoms with Crippen molar-refractivity contribution in [3.8, 4) is 0 Å². The highest BCUT2D eigenvalue weighted by Crippen LogP contribution is 2.32. The highest BCUT2D eigenvalue weighted by molar-refractivity contribution is 7.89. The fraction of sp³-hybridized carbons (Fsp3) is 0.556. The summed E-state index contributed by atoms with van der Waals surface area (Å²) in [6, 6.07) is 5.36. The molecule has 2 aliphatic rings. The molecule has 0 bridgehead atoms. The molecule has 0 aliphatic carbocycles. The molecule has 27 heavy (non-hydrogen) atoms. The third kappa shape index (κ3) is 3.85. The third-order valence-corrected chi connectivity index (χ3v) is 6.57. The van der Waals surface area contributed by atoms with Gasteiger partial charge >= 0.3 is 0 Å². The highest BCUT2D eigenvalue weighted by Gasteiger charge is 2.31. The number of hydrogen-bond donors (Lipinski definition) is 1. The smallest absolute Gasteiger partial charge is 0.255 e. The number of aromatic nitrogens is 2. The Bertz CT molecular complexity index is 927. The predicted molar refractivity (Wildman–Crippen MR) is 99.1 cm³/mol. The Morgan fingerprint density at radius 2 is 2.19 bits per heavy atom. The van der Waals surface area contributed by atoms with Crippen LogP contribution in [0.1, 0.15) is 42.6 Å². The topological polar surface area (TPSA) is 97.6 Å². The maximum atomic E-state index is 12.7. The summed E-state index contributed by atoms with van der Waals surface area (Å²) >= 11 is 0. The van der Waals surface area contributed by atoms with Gasteiger partial charge < -0.3 is 14.2 Å². The molecule has 2 atom stereocenters. The van der Waals surface area contributed by atoms with Gasteiger partial charge in [-0.3, -0.25) is 0 Å². The van der Waals surface area contributed by atoms with Crippen molar-refractivity contribution in [1.82, 2.24) is 14.9 Å². The molecule has 1 fully saturated rings. The van der Waals surface area contributed by atoms with Gasteiger partial charge in [0.05, 0.1) is 11.0 Å². The van der Waals surface area contributed by atoms with Crippen LogP contribution in [0.2, 0.25) is 0 Å². The van der Waals surface area contributed by atoms with Gasteiger partial charge in [-0.15, -0.1) is 0 Å². The van der Waals surface area contributed by atoms with Gasteiger partial charge in [-0.05, 0) is 50.3 Å². The summed E-state index contributed by atoms with van der Waals surface area (Å²) in [7, 11) is -1.60. The lowest BCUT2D eigenvalue weighted by molar-refractivity contribution is 0.0290. The molecule has 1 N–H and O–H groups in total. The minimum absolute atomic E-state index is 0.211. The normalized spacial score (nSPS) is 22.8. The second-order valence-electron chi connectivity index (χ2n) is 7.17. The standard InChI is InChI=1S/C18H24N4O4S/c1-12-20-18(26-21-12)17-8-6-14(25-17)11-19-27(23,24)15-7-5-13-4-3-9-22(2)16(13)10-15/h5,7,10,14,17,19H,3-4,6,8-9,11H2,1-2H3/t14-,17+/m1/s1. The molecular weight excluding hydrogens is 368 g/mol. The summed E-state index contributed by atoms with van der Waals surface area (Å²) < 4.78 is 39.1. The first-order valence-electron chi connectivity index (χ1n) is 9.22. The minimum Gasteiger partial charge on any atom is -0.374 e. The molecule has 146 valence electrons. The van der Waals surface area contributed by atoms with E-state index in [1.165, 1.54) is 5.56 Å². The first kappa shape index (κ1) is 18.4. The first-order chi connectivity index (χ1) is 12.9. The first-order valence-corrected chi connectivity index (χ1v) is 10.7. The SMILES string of the molecule is Cc1noc([C@@H]2CC[C@H](CNS(=O)(=O)c3ccc4c(c3)N(C)CCC4)O2)n1. The number of fused-ring (bicyclic) bond motifs is 1. The lowest BCUT2D eigenvalue weighted by Crippen LogP contribution is -2.32. The van der Waals surface area contributed by atoms with Gasteiger partial charge in [0.1, 0.15) is 6.10 Å². The van der Waals surface area contributed by atoms with Crippen molar-refractivity contribution in [3.63, 3.8) is 0 Å². The third-order valence-electron chi connectivity index (χ3n) is 5.15. The number of sulfonamides is 1. The second kappa shape index (κ2) is 7.21. The van der Waals surface area contributed by atoms with Crippen molar-refractivity contribution in [2.45, 2.75) is 49.7 Å². The van der Waals surface area contributed by atoms with E-state index in [1.54, 1.807) is 19.1 Å². The number of nitrogens with one attached hydrogen (secondary N) is 1. The highest BCUT2D eigenvalue weighted by atomic mass is 32.2.